The van der Waals surface area contributed by atoms with Crippen molar-refractivity contribution in [3.05, 3.63) is 23.8 Å². The summed E-state index contributed by atoms with van der Waals surface area (Å²) in [6.07, 6.45) is 6.59. The van der Waals surface area contributed by atoms with Crippen LogP contribution in [-0.4, -0.2) is 39.4 Å². The lowest BCUT2D eigenvalue weighted by Crippen LogP contribution is -2.50. The van der Waals surface area contributed by atoms with Gasteiger partial charge in [0.05, 0.1) is 12.4 Å². The van der Waals surface area contributed by atoms with Gasteiger partial charge < -0.3 is 4.90 Å². The second-order valence-electron chi connectivity index (χ2n) is 5.17. The lowest BCUT2D eigenvalue weighted by Gasteiger charge is -2.31. The molecule has 3 rings (SSSR count). The number of amidine groups is 1. The molecule has 2 atom stereocenters. The number of fused-ring (bicyclic) bond motifs is 1. The number of carbonyl (C=O) groups excluding carboxylic acids is 1. The lowest BCUT2D eigenvalue weighted by molar-refractivity contribution is -0.746. The van der Waals surface area contributed by atoms with Crippen LogP contribution in [0.15, 0.2) is 33.8 Å². The van der Waals surface area contributed by atoms with E-state index in [0.29, 0.717) is 11.2 Å². The summed E-state index contributed by atoms with van der Waals surface area (Å²) in [5.74, 6) is 6.63. The Bertz CT molecular complexity index is 579. The van der Waals surface area contributed by atoms with E-state index in [4.69, 9.17) is 5.84 Å². The van der Waals surface area contributed by atoms with Crippen LogP contribution in [0.2, 0.25) is 0 Å². The fourth-order valence-corrected chi connectivity index (χ4v) is 3.34. The van der Waals surface area contributed by atoms with Crippen LogP contribution in [0.4, 0.5) is 0 Å². The fraction of sp³-hybridized carbons (Fsp3) is 0.462. The number of halogens is 1. The van der Waals surface area contributed by atoms with Gasteiger partial charge in [-0.25, -0.2) is 0 Å². The first-order chi connectivity index (χ1) is 9.56. The molecule has 2 unspecified atom stereocenters. The van der Waals surface area contributed by atoms with E-state index in [0.717, 1.165) is 30.9 Å². The molecule has 1 fully saturated rings. The largest absolute Gasteiger partial charge is 0.343 e. The number of carbonyl (C=O) groups is 1. The van der Waals surface area contributed by atoms with Crippen molar-refractivity contribution in [3.8, 4) is 0 Å². The molecular formula is C13H17BrN5O+. The van der Waals surface area contributed by atoms with E-state index in [2.05, 4.69) is 25.9 Å². The molecule has 0 saturated carbocycles. The van der Waals surface area contributed by atoms with E-state index < -0.39 is 0 Å². The molecule has 2 N–H and O–H groups in total. The van der Waals surface area contributed by atoms with Gasteiger partial charge in [0.2, 0.25) is 11.6 Å². The number of likely N-dealkylation sites (tertiary alicyclic amines) is 1. The number of rotatable bonds is 2. The average molecular weight is 339 g/mol. The highest BCUT2D eigenvalue weighted by Crippen LogP contribution is 2.37. The van der Waals surface area contributed by atoms with E-state index in [1.807, 2.05) is 11.8 Å². The van der Waals surface area contributed by atoms with Gasteiger partial charge in [0.25, 0.3) is 0 Å². The number of amides is 1. The zero-order chi connectivity index (χ0) is 14.3. The SMILES string of the molecule is CCN1CCC(C2=C3C=NC=C[N+]3(N)C(Br)=N2)CC1=O. The molecule has 0 aromatic rings. The molecule has 0 bridgehead atoms. The number of allylic oxidation sites excluding steroid dienone is 2. The molecule has 1 saturated heterocycles. The molecule has 3 heterocycles. The minimum atomic E-state index is 0.0149. The summed E-state index contributed by atoms with van der Waals surface area (Å²) >= 11 is 3.43. The van der Waals surface area contributed by atoms with E-state index in [9.17, 15) is 4.79 Å². The van der Waals surface area contributed by atoms with Gasteiger partial charge in [-0.05, 0) is 13.3 Å². The van der Waals surface area contributed by atoms with E-state index in [-0.39, 0.29) is 16.4 Å². The van der Waals surface area contributed by atoms with Crippen molar-refractivity contribution >= 4 is 32.8 Å². The highest BCUT2D eigenvalue weighted by atomic mass is 79.9. The van der Waals surface area contributed by atoms with Crippen molar-refractivity contribution in [2.45, 2.75) is 19.8 Å². The Morgan fingerprint density at radius 3 is 3.10 bits per heavy atom. The highest BCUT2D eigenvalue weighted by molar-refractivity contribution is 9.18. The number of aliphatic imine (C=N–C) groups is 2. The summed E-state index contributed by atoms with van der Waals surface area (Å²) in [7, 11) is 0. The summed E-state index contributed by atoms with van der Waals surface area (Å²) in [6, 6.07) is 0. The third-order valence-corrected chi connectivity index (χ3v) is 4.82. The average Bonchev–Trinajstić information content (AvgIpc) is 2.71. The molecule has 0 aliphatic carbocycles. The summed E-state index contributed by atoms with van der Waals surface area (Å²) < 4.78 is 0.649. The second kappa shape index (κ2) is 4.91. The van der Waals surface area contributed by atoms with Crippen LogP contribution < -0.4 is 5.84 Å². The number of nitrogens with two attached hydrogens (primary N) is 1. The molecule has 7 heteroatoms. The summed E-state index contributed by atoms with van der Waals surface area (Å²) in [4.78, 5) is 22.7. The van der Waals surface area contributed by atoms with Crippen LogP contribution in [0.5, 0.6) is 0 Å². The Balaban J connectivity index is 1.91. The van der Waals surface area contributed by atoms with Crippen LogP contribution >= 0.6 is 15.9 Å². The smallest absolute Gasteiger partial charge is 0.301 e. The monoisotopic (exact) mass is 338 g/mol. The molecule has 20 heavy (non-hydrogen) atoms. The van der Waals surface area contributed by atoms with E-state index in [1.165, 1.54) is 0 Å². The first-order valence-electron chi connectivity index (χ1n) is 6.71. The highest BCUT2D eigenvalue weighted by Gasteiger charge is 2.45. The van der Waals surface area contributed by atoms with Gasteiger partial charge in [-0.1, -0.05) is 0 Å². The molecule has 6 nitrogen and oxygen atoms in total. The maximum Gasteiger partial charge on any atom is 0.301 e. The van der Waals surface area contributed by atoms with Gasteiger partial charge in [-0.15, -0.1) is 4.59 Å². The Hall–Kier alpha value is -1.31. The van der Waals surface area contributed by atoms with Crippen molar-refractivity contribution in [1.29, 1.82) is 0 Å². The Morgan fingerprint density at radius 2 is 2.40 bits per heavy atom. The number of nitrogens with zero attached hydrogens (tertiary/aromatic N) is 4. The first kappa shape index (κ1) is 13.7. The van der Waals surface area contributed by atoms with Crippen molar-refractivity contribution < 1.29 is 9.39 Å². The molecule has 3 aliphatic rings. The second-order valence-corrected chi connectivity index (χ2v) is 5.88. The summed E-state index contributed by atoms with van der Waals surface area (Å²) in [6.45, 7) is 3.55. The number of quaternary nitrogens is 1. The third-order valence-electron chi connectivity index (χ3n) is 4.05. The van der Waals surface area contributed by atoms with Gasteiger partial charge in [-0.2, -0.15) is 10.8 Å². The van der Waals surface area contributed by atoms with Crippen LogP contribution in [-0.2, 0) is 4.79 Å². The quantitative estimate of drug-likeness (QED) is 0.470. The topological polar surface area (TPSA) is 71.0 Å². The zero-order valence-electron chi connectivity index (χ0n) is 11.3. The molecule has 1 amide bonds. The maximum atomic E-state index is 12.1. The Morgan fingerprint density at radius 1 is 1.60 bits per heavy atom. The molecule has 0 aromatic heterocycles. The number of hydrogen-bond donors (Lipinski definition) is 1. The Kier molecular flexibility index (Phi) is 3.35. The Labute approximate surface area is 126 Å². The molecule has 3 aliphatic heterocycles. The van der Waals surface area contributed by atoms with Crippen molar-refractivity contribution in [2.24, 2.45) is 21.7 Å². The van der Waals surface area contributed by atoms with E-state index in [1.54, 1.807) is 18.6 Å². The van der Waals surface area contributed by atoms with Gasteiger partial charge >= 0.3 is 4.74 Å². The van der Waals surface area contributed by atoms with Crippen LogP contribution in [0.1, 0.15) is 19.8 Å². The van der Waals surface area contributed by atoms with Crippen LogP contribution in [0, 0.1) is 5.92 Å². The van der Waals surface area contributed by atoms with Crippen LogP contribution in [0.3, 0.4) is 0 Å². The van der Waals surface area contributed by atoms with Crippen molar-refractivity contribution in [1.82, 2.24) is 4.90 Å². The summed E-state index contributed by atoms with van der Waals surface area (Å²) in [5, 5.41) is 0. The van der Waals surface area contributed by atoms with Crippen LogP contribution in [0.25, 0.3) is 0 Å². The van der Waals surface area contributed by atoms with E-state index >= 15 is 0 Å². The van der Waals surface area contributed by atoms with Gasteiger partial charge in [0.1, 0.15) is 11.9 Å². The van der Waals surface area contributed by atoms with Crippen molar-refractivity contribution in [2.75, 3.05) is 13.1 Å². The lowest BCUT2D eigenvalue weighted by atomic mass is 9.92. The minimum absolute atomic E-state index is 0.0149. The fourth-order valence-electron chi connectivity index (χ4n) is 2.84. The predicted octanol–water partition coefficient (Wildman–Crippen LogP) is 1.47. The van der Waals surface area contributed by atoms with Gasteiger partial charge in [0, 0.05) is 41.4 Å². The molecule has 0 spiro atoms. The number of piperidine rings is 1. The maximum absolute atomic E-state index is 12.1. The molecule has 0 radical (unpaired) electrons. The van der Waals surface area contributed by atoms with Gasteiger partial charge in [-0.3, -0.25) is 9.79 Å². The minimum Gasteiger partial charge on any atom is -0.343 e. The predicted molar refractivity (Wildman–Crippen MR) is 80.4 cm³/mol. The molecular weight excluding hydrogens is 322 g/mol. The zero-order valence-corrected chi connectivity index (χ0v) is 12.9. The normalized spacial score (nSPS) is 32.8. The first-order valence-corrected chi connectivity index (χ1v) is 7.51. The van der Waals surface area contributed by atoms with Gasteiger partial charge in [0.15, 0.2) is 0 Å². The van der Waals surface area contributed by atoms with Crippen molar-refractivity contribution in [3.63, 3.8) is 0 Å². The summed E-state index contributed by atoms with van der Waals surface area (Å²) in [5.41, 5.74) is 1.73. The number of hydrogen-bond acceptors (Lipinski definition) is 4. The molecule has 0 aromatic carbocycles. The standard InChI is InChI=1S/C13H17BrN5O/c1-2-18-5-3-9(7-11(18)20)12-10-8-16-4-6-19(10,15)13(14)17-12/h4,6,8-9H,2-3,5,7,15H2,1H3/q+1. The third kappa shape index (κ3) is 1.97. The molecule has 106 valence electrons.